The number of aromatic nitrogens is 1. The monoisotopic (exact) mass is 647 g/mol. The normalized spacial score (nSPS) is 18.5. The summed E-state index contributed by atoms with van der Waals surface area (Å²) in [4.78, 5) is 55.7. The maximum absolute atomic E-state index is 13.2. The number of carbonyl (C=O) groups excluding carboxylic acids is 4. The topological polar surface area (TPSA) is 142 Å². The maximum Gasteiger partial charge on any atom is 0.341 e. The van der Waals surface area contributed by atoms with Crippen molar-refractivity contribution in [2.24, 2.45) is 17.8 Å². The summed E-state index contributed by atoms with van der Waals surface area (Å²) in [5, 5.41) is 5.71. The van der Waals surface area contributed by atoms with Crippen LogP contribution in [0.15, 0.2) is 65.8 Å². The summed E-state index contributed by atoms with van der Waals surface area (Å²) >= 11 is 1.05. The van der Waals surface area contributed by atoms with Gasteiger partial charge in [0.05, 0.1) is 22.6 Å². The number of anilines is 2. The molecule has 46 heavy (non-hydrogen) atoms. The number of nitrogens with one attached hydrogen (secondary N) is 2. The van der Waals surface area contributed by atoms with Crippen molar-refractivity contribution >= 4 is 46.9 Å². The number of carbonyl (C=O) groups is 4. The Morgan fingerprint density at radius 2 is 1.72 bits per heavy atom. The Hall–Kier alpha value is -4.58. The summed E-state index contributed by atoms with van der Waals surface area (Å²) in [7, 11) is 0. The van der Waals surface area contributed by atoms with Gasteiger partial charge in [0, 0.05) is 18.0 Å². The number of amides is 2. The Kier molecular flexibility index (Phi) is 10.8. The summed E-state index contributed by atoms with van der Waals surface area (Å²) in [5.74, 6) is 0.0249. The molecule has 0 spiro atoms. The molecule has 1 aliphatic carbocycles. The third-order valence-electron chi connectivity index (χ3n) is 7.96. The SMILES string of the molecule is CC(C)[C@@H]1CC[C@H](C)C[C@@H]1OC(=O)c1ccccc1NC(=O)COC(=O)c1cccnc1SCC(=O)Nc1ccc2c(c1)OCO2. The standard InChI is InChI=1S/C34H37N3O8S/c1-20(2)23-12-10-21(3)15-28(23)45-34(41)24-7-4-5-9-26(24)37-30(38)17-42-33(40)25-8-6-14-35-32(25)46-18-31(39)36-22-11-13-27-29(16-22)44-19-43-27/h4-9,11,13-14,16,20-21,23,28H,10,12,15,17-19H2,1-3H3,(H,36,39)(H,37,38)/t21-,23-,28-/m0/s1. The number of para-hydroxylation sites is 1. The first-order valence-electron chi connectivity index (χ1n) is 15.2. The number of hydrogen-bond donors (Lipinski definition) is 2. The zero-order chi connectivity index (χ0) is 32.6. The molecule has 0 unspecified atom stereocenters. The average Bonchev–Trinajstić information content (AvgIpc) is 3.51. The highest BCUT2D eigenvalue weighted by Gasteiger charge is 2.34. The van der Waals surface area contributed by atoms with Gasteiger partial charge in [-0.05, 0) is 67.0 Å². The van der Waals surface area contributed by atoms with Gasteiger partial charge in [-0.25, -0.2) is 14.6 Å². The molecular weight excluding hydrogens is 610 g/mol. The van der Waals surface area contributed by atoms with E-state index in [9.17, 15) is 19.2 Å². The molecular formula is C34H37N3O8S. The highest BCUT2D eigenvalue weighted by Crippen LogP contribution is 2.36. The van der Waals surface area contributed by atoms with Crippen LogP contribution in [-0.2, 0) is 19.1 Å². The number of fused-ring (bicyclic) bond motifs is 1. The highest BCUT2D eigenvalue weighted by molar-refractivity contribution is 8.00. The first-order valence-corrected chi connectivity index (χ1v) is 16.2. The average molecular weight is 648 g/mol. The Morgan fingerprint density at radius 1 is 0.935 bits per heavy atom. The number of thioether (sulfide) groups is 1. The molecule has 1 aliphatic heterocycles. The first-order chi connectivity index (χ1) is 22.2. The maximum atomic E-state index is 13.2. The van der Waals surface area contributed by atoms with Crippen LogP contribution >= 0.6 is 11.8 Å². The molecule has 1 fully saturated rings. The summed E-state index contributed by atoms with van der Waals surface area (Å²) in [6.45, 7) is 5.98. The molecule has 0 bridgehead atoms. The molecule has 0 saturated heterocycles. The van der Waals surface area contributed by atoms with Crippen molar-refractivity contribution in [2.45, 2.75) is 51.2 Å². The molecule has 2 amide bonds. The van der Waals surface area contributed by atoms with E-state index in [1.807, 2.05) is 0 Å². The second kappa shape index (κ2) is 15.1. The molecule has 2 aliphatic rings. The van der Waals surface area contributed by atoms with Crippen molar-refractivity contribution < 1.29 is 38.1 Å². The van der Waals surface area contributed by atoms with Crippen molar-refractivity contribution in [1.29, 1.82) is 0 Å². The summed E-state index contributed by atoms with van der Waals surface area (Å²) in [6, 6.07) is 14.7. The lowest BCUT2D eigenvalue weighted by Crippen LogP contribution is -2.36. The van der Waals surface area contributed by atoms with E-state index in [0.29, 0.717) is 29.0 Å². The molecule has 11 nitrogen and oxygen atoms in total. The van der Waals surface area contributed by atoms with Gasteiger partial charge < -0.3 is 29.6 Å². The fourth-order valence-corrected chi connectivity index (χ4v) is 6.37. The number of nitrogens with zero attached hydrogens (tertiary/aromatic N) is 1. The molecule has 2 aromatic carbocycles. The van der Waals surface area contributed by atoms with Crippen LogP contribution in [0, 0.1) is 17.8 Å². The van der Waals surface area contributed by atoms with Crippen molar-refractivity contribution in [1.82, 2.24) is 4.98 Å². The fourth-order valence-electron chi connectivity index (χ4n) is 5.58. The quantitative estimate of drug-likeness (QED) is 0.189. The minimum atomic E-state index is -0.777. The third kappa shape index (κ3) is 8.36. The van der Waals surface area contributed by atoms with Gasteiger partial charge in [0.25, 0.3) is 5.91 Å². The van der Waals surface area contributed by atoms with Crippen molar-refractivity contribution in [2.75, 3.05) is 29.8 Å². The van der Waals surface area contributed by atoms with E-state index in [2.05, 4.69) is 36.4 Å². The van der Waals surface area contributed by atoms with Crippen molar-refractivity contribution in [3.05, 3.63) is 71.9 Å². The van der Waals surface area contributed by atoms with Crippen LogP contribution in [0.4, 0.5) is 11.4 Å². The van der Waals surface area contributed by atoms with Crippen LogP contribution in [0.2, 0.25) is 0 Å². The minimum absolute atomic E-state index is 0.0310. The molecule has 3 aromatic rings. The zero-order valence-corrected chi connectivity index (χ0v) is 26.8. The highest BCUT2D eigenvalue weighted by atomic mass is 32.2. The number of pyridine rings is 1. The molecule has 242 valence electrons. The second-order valence-corrected chi connectivity index (χ2v) is 12.7. The summed E-state index contributed by atoms with van der Waals surface area (Å²) in [6.07, 6.45) is 4.22. The number of hydrogen-bond acceptors (Lipinski definition) is 10. The molecule has 1 saturated carbocycles. The van der Waals surface area contributed by atoms with E-state index in [-0.39, 0.29) is 52.3 Å². The van der Waals surface area contributed by atoms with Crippen molar-refractivity contribution in [3.63, 3.8) is 0 Å². The predicted octanol–water partition coefficient (Wildman–Crippen LogP) is 5.95. The number of rotatable bonds is 11. The fraction of sp³-hybridized carbons (Fsp3) is 0.382. The lowest BCUT2D eigenvalue weighted by atomic mass is 9.75. The van der Waals surface area contributed by atoms with E-state index >= 15 is 0 Å². The van der Waals surface area contributed by atoms with Gasteiger partial charge in [-0.3, -0.25) is 9.59 Å². The van der Waals surface area contributed by atoms with Gasteiger partial charge in [0.1, 0.15) is 11.1 Å². The number of ether oxygens (including phenoxy) is 4. The van der Waals surface area contributed by atoms with Gasteiger partial charge in [0.15, 0.2) is 18.1 Å². The van der Waals surface area contributed by atoms with Gasteiger partial charge in [0.2, 0.25) is 12.7 Å². The molecule has 0 radical (unpaired) electrons. The molecule has 3 atom stereocenters. The van der Waals surface area contributed by atoms with Crippen LogP contribution in [0.5, 0.6) is 11.5 Å². The van der Waals surface area contributed by atoms with Crippen LogP contribution in [0.3, 0.4) is 0 Å². The Labute approximate surface area is 271 Å². The lowest BCUT2D eigenvalue weighted by Gasteiger charge is -2.36. The van der Waals surface area contributed by atoms with Gasteiger partial charge in [-0.15, -0.1) is 0 Å². The van der Waals surface area contributed by atoms with Crippen LogP contribution in [-0.4, -0.2) is 54.0 Å². The zero-order valence-electron chi connectivity index (χ0n) is 25.9. The van der Waals surface area contributed by atoms with Gasteiger partial charge in [-0.2, -0.15) is 0 Å². The second-order valence-electron chi connectivity index (χ2n) is 11.7. The van der Waals surface area contributed by atoms with Crippen LogP contribution in [0.1, 0.15) is 60.7 Å². The number of benzene rings is 2. The lowest BCUT2D eigenvalue weighted by molar-refractivity contribution is -0.119. The van der Waals surface area contributed by atoms with Crippen molar-refractivity contribution in [3.8, 4) is 11.5 Å². The summed E-state index contributed by atoms with van der Waals surface area (Å²) in [5.41, 5.74) is 1.15. The van der Waals surface area contributed by atoms with E-state index in [0.717, 1.165) is 31.0 Å². The Morgan fingerprint density at radius 3 is 2.54 bits per heavy atom. The van der Waals surface area contributed by atoms with Gasteiger partial charge >= 0.3 is 11.9 Å². The first kappa shape index (κ1) is 32.8. The molecule has 5 rings (SSSR count). The minimum Gasteiger partial charge on any atom is -0.458 e. The van der Waals surface area contributed by atoms with E-state index < -0.39 is 24.5 Å². The van der Waals surface area contributed by atoms with E-state index in [1.54, 1.807) is 48.5 Å². The Bertz CT molecular complexity index is 1600. The molecule has 12 heteroatoms. The molecule has 2 N–H and O–H groups in total. The third-order valence-corrected chi connectivity index (χ3v) is 8.97. The van der Waals surface area contributed by atoms with Crippen LogP contribution < -0.4 is 20.1 Å². The van der Waals surface area contributed by atoms with Gasteiger partial charge in [-0.1, -0.05) is 51.1 Å². The number of esters is 2. The molecule has 1 aromatic heterocycles. The largest absolute Gasteiger partial charge is 0.458 e. The smallest absolute Gasteiger partial charge is 0.341 e. The Balaban J connectivity index is 1.14. The van der Waals surface area contributed by atoms with E-state index in [1.165, 1.54) is 12.3 Å². The van der Waals surface area contributed by atoms with Crippen LogP contribution in [0.25, 0.3) is 0 Å². The predicted molar refractivity (Wildman–Crippen MR) is 172 cm³/mol. The summed E-state index contributed by atoms with van der Waals surface area (Å²) < 4.78 is 21.9. The molecule has 2 heterocycles. The van der Waals surface area contributed by atoms with E-state index in [4.69, 9.17) is 18.9 Å².